The van der Waals surface area contributed by atoms with Gasteiger partial charge in [-0.3, -0.25) is 0 Å². The molecular formula is C13H23N3O. The van der Waals surface area contributed by atoms with Crippen molar-refractivity contribution in [1.29, 1.82) is 0 Å². The van der Waals surface area contributed by atoms with Crippen LogP contribution in [0.3, 0.4) is 0 Å². The minimum absolute atomic E-state index is 0.0561. The highest BCUT2D eigenvalue weighted by Gasteiger charge is 2.20. The van der Waals surface area contributed by atoms with Crippen molar-refractivity contribution in [1.82, 2.24) is 4.57 Å². The molecule has 2 rings (SSSR count). The second-order valence-corrected chi connectivity index (χ2v) is 4.91. The molecule has 0 aliphatic carbocycles. The molecule has 4 nitrogen and oxygen atoms in total. The van der Waals surface area contributed by atoms with E-state index in [0.29, 0.717) is 12.6 Å². The van der Waals surface area contributed by atoms with Gasteiger partial charge in [-0.1, -0.05) is 0 Å². The zero-order valence-electron chi connectivity index (χ0n) is 10.8. The lowest BCUT2D eigenvalue weighted by Crippen LogP contribution is -2.22. The highest BCUT2D eigenvalue weighted by molar-refractivity contribution is 5.29. The van der Waals surface area contributed by atoms with Crippen LogP contribution in [0.5, 0.6) is 0 Å². The lowest BCUT2D eigenvalue weighted by Gasteiger charge is -2.15. The van der Waals surface area contributed by atoms with Gasteiger partial charge in [-0.25, -0.2) is 0 Å². The van der Waals surface area contributed by atoms with Crippen LogP contribution in [-0.4, -0.2) is 23.8 Å². The van der Waals surface area contributed by atoms with Gasteiger partial charge in [-0.05, 0) is 38.3 Å². The van der Waals surface area contributed by atoms with Crippen LogP contribution in [-0.2, 0) is 11.3 Å². The molecule has 17 heavy (non-hydrogen) atoms. The summed E-state index contributed by atoms with van der Waals surface area (Å²) in [4.78, 5) is 0. The molecule has 1 aliphatic rings. The Morgan fingerprint density at radius 3 is 2.88 bits per heavy atom. The van der Waals surface area contributed by atoms with Crippen LogP contribution in [0.15, 0.2) is 6.07 Å². The van der Waals surface area contributed by atoms with Crippen LogP contribution in [0.1, 0.15) is 35.8 Å². The van der Waals surface area contributed by atoms with E-state index < -0.39 is 0 Å². The second kappa shape index (κ2) is 5.21. The average Bonchev–Trinajstić information content (AvgIpc) is 2.91. The fourth-order valence-corrected chi connectivity index (χ4v) is 2.60. The summed E-state index contributed by atoms with van der Waals surface area (Å²) in [5.74, 6) is 0. The van der Waals surface area contributed by atoms with E-state index in [-0.39, 0.29) is 6.04 Å². The standard InChI is InChI=1S/C13H23N3O/c1-9-6-12(13(15)7-14)10(2)16(9)8-11-4-3-5-17-11/h6,11,13H,3-5,7-8,14-15H2,1-2H3. The molecule has 4 heteroatoms. The van der Waals surface area contributed by atoms with Gasteiger partial charge in [0.05, 0.1) is 6.10 Å². The van der Waals surface area contributed by atoms with E-state index in [1.807, 2.05) is 0 Å². The molecule has 2 heterocycles. The van der Waals surface area contributed by atoms with E-state index in [2.05, 4.69) is 24.5 Å². The fourth-order valence-electron chi connectivity index (χ4n) is 2.60. The summed E-state index contributed by atoms with van der Waals surface area (Å²) in [6.07, 6.45) is 2.70. The number of nitrogens with two attached hydrogens (primary N) is 2. The topological polar surface area (TPSA) is 66.2 Å². The quantitative estimate of drug-likeness (QED) is 0.828. The molecule has 1 aromatic heterocycles. The van der Waals surface area contributed by atoms with Gasteiger partial charge >= 0.3 is 0 Å². The van der Waals surface area contributed by atoms with Crippen molar-refractivity contribution in [2.75, 3.05) is 13.2 Å². The van der Waals surface area contributed by atoms with Crippen molar-refractivity contribution in [3.63, 3.8) is 0 Å². The maximum absolute atomic E-state index is 6.02. The molecule has 1 saturated heterocycles. The Kier molecular flexibility index (Phi) is 3.86. The number of hydrogen-bond donors (Lipinski definition) is 2. The first-order chi connectivity index (χ1) is 8.13. The smallest absolute Gasteiger partial charge is 0.0754 e. The molecule has 4 N–H and O–H groups in total. The lowest BCUT2D eigenvalue weighted by atomic mass is 10.1. The normalized spacial score (nSPS) is 22.0. The van der Waals surface area contributed by atoms with Crippen LogP contribution in [0.25, 0.3) is 0 Å². The van der Waals surface area contributed by atoms with Crippen molar-refractivity contribution in [3.05, 3.63) is 23.0 Å². The summed E-state index contributed by atoms with van der Waals surface area (Å²) < 4.78 is 7.99. The van der Waals surface area contributed by atoms with Gasteiger partial charge in [0.2, 0.25) is 0 Å². The molecule has 0 bridgehead atoms. The Hall–Kier alpha value is -0.840. The highest BCUT2D eigenvalue weighted by Crippen LogP contribution is 2.23. The Morgan fingerprint density at radius 1 is 1.53 bits per heavy atom. The molecule has 0 radical (unpaired) electrons. The van der Waals surface area contributed by atoms with Gasteiger partial charge in [0.1, 0.15) is 0 Å². The minimum atomic E-state index is -0.0561. The Morgan fingerprint density at radius 2 is 2.29 bits per heavy atom. The third kappa shape index (κ3) is 2.54. The van der Waals surface area contributed by atoms with Gasteiger partial charge < -0.3 is 20.8 Å². The third-order valence-electron chi connectivity index (χ3n) is 3.68. The number of aryl methyl sites for hydroxylation is 1. The molecule has 0 amide bonds. The monoisotopic (exact) mass is 237 g/mol. The summed E-state index contributed by atoms with van der Waals surface area (Å²) in [5.41, 5.74) is 15.3. The van der Waals surface area contributed by atoms with Gasteiger partial charge in [0.15, 0.2) is 0 Å². The predicted octanol–water partition coefficient (Wildman–Crippen LogP) is 1.24. The first-order valence-electron chi connectivity index (χ1n) is 6.37. The fraction of sp³-hybridized carbons (Fsp3) is 0.692. The van der Waals surface area contributed by atoms with E-state index >= 15 is 0 Å². The van der Waals surface area contributed by atoms with Crippen molar-refractivity contribution in [3.8, 4) is 0 Å². The van der Waals surface area contributed by atoms with Crippen LogP contribution in [0.4, 0.5) is 0 Å². The van der Waals surface area contributed by atoms with E-state index in [0.717, 1.165) is 19.6 Å². The van der Waals surface area contributed by atoms with Crippen LogP contribution in [0.2, 0.25) is 0 Å². The van der Waals surface area contributed by atoms with E-state index in [1.54, 1.807) is 0 Å². The van der Waals surface area contributed by atoms with Crippen LogP contribution >= 0.6 is 0 Å². The first kappa shape index (κ1) is 12.6. The molecule has 1 fully saturated rings. The van der Waals surface area contributed by atoms with Crippen molar-refractivity contribution in [2.45, 2.75) is 45.4 Å². The Labute approximate surface area is 103 Å². The van der Waals surface area contributed by atoms with Crippen molar-refractivity contribution < 1.29 is 4.74 Å². The summed E-state index contributed by atoms with van der Waals surface area (Å²) in [6, 6.07) is 2.10. The average molecular weight is 237 g/mol. The minimum Gasteiger partial charge on any atom is -0.376 e. The molecule has 2 atom stereocenters. The largest absolute Gasteiger partial charge is 0.376 e. The number of ether oxygens (including phenoxy) is 1. The van der Waals surface area contributed by atoms with E-state index in [1.165, 1.54) is 23.4 Å². The zero-order chi connectivity index (χ0) is 12.4. The van der Waals surface area contributed by atoms with Crippen molar-refractivity contribution >= 4 is 0 Å². The van der Waals surface area contributed by atoms with E-state index in [4.69, 9.17) is 16.2 Å². The zero-order valence-corrected chi connectivity index (χ0v) is 10.8. The van der Waals surface area contributed by atoms with Crippen LogP contribution in [0, 0.1) is 13.8 Å². The summed E-state index contributed by atoms with van der Waals surface area (Å²) in [5, 5.41) is 0. The molecule has 0 saturated carbocycles. The van der Waals surface area contributed by atoms with Crippen LogP contribution < -0.4 is 11.5 Å². The molecule has 0 aromatic carbocycles. The summed E-state index contributed by atoms with van der Waals surface area (Å²) in [6.45, 7) is 6.57. The Balaban J connectivity index is 2.18. The predicted molar refractivity (Wildman–Crippen MR) is 68.9 cm³/mol. The molecule has 1 aliphatic heterocycles. The molecular weight excluding hydrogens is 214 g/mol. The number of nitrogens with zero attached hydrogens (tertiary/aromatic N) is 1. The van der Waals surface area contributed by atoms with Gasteiger partial charge in [0, 0.05) is 37.1 Å². The van der Waals surface area contributed by atoms with Gasteiger partial charge in [-0.15, -0.1) is 0 Å². The summed E-state index contributed by atoms with van der Waals surface area (Å²) in [7, 11) is 0. The maximum Gasteiger partial charge on any atom is 0.0754 e. The maximum atomic E-state index is 6.02. The van der Waals surface area contributed by atoms with E-state index in [9.17, 15) is 0 Å². The molecule has 1 aromatic rings. The molecule has 0 spiro atoms. The molecule has 96 valence electrons. The van der Waals surface area contributed by atoms with Crippen molar-refractivity contribution in [2.24, 2.45) is 11.5 Å². The molecule has 2 unspecified atom stereocenters. The number of aromatic nitrogens is 1. The SMILES string of the molecule is Cc1cc(C(N)CN)c(C)n1CC1CCCO1. The van der Waals surface area contributed by atoms with Gasteiger partial charge in [0.25, 0.3) is 0 Å². The lowest BCUT2D eigenvalue weighted by molar-refractivity contribution is 0.0961. The third-order valence-corrected chi connectivity index (χ3v) is 3.68. The summed E-state index contributed by atoms with van der Waals surface area (Å²) >= 11 is 0. The number of hydrogen-bond acceptors (Lipinski definition) is 3. The number of rotatable bonds is 4. The van der Waals surface area contributed by atoms with Gasteiger partial charge in [-0.2, -0.15) is 0 Å². The second-order valence-electron chi connectivity index (χ2n) is 4.91. The Bertz CT molecular complexity index is 380. The highest BCUT2D eigenvalue weighted by atomic mass is 16.5. The first-order valence-corrected chi connectivity index (χ1v) is 6.37.